The van der Waals surface area contributed by atoms with Gasteiger partial charge < -0.3 is 0 Å². The van der Waals surface area contributed by atoms with Crippen molar-refractivity contribution in [1.29, 1.82) is 0 Å². The van der Waals surface area contributed by atoms with Gasteiger partial charge in [-0.2, -0.15) is 14.8 Å². The van der Waals surface area contributed by atoms with E-state index in [9.17, 15) is 0 Å². The highest BCUT2D eigenvalue weighted by molar-refractivity contribution is 5.57. The lowest BCUT2D eigenvalue weighted by molar-refractivity contribution is 0.769. The maximum absolute atomic E-state index is 4.52. The van der Waals surface area contributed by atoms with Crippen LogP contribution in [0.2, 0.25) is 0 Å². The Labute approximate surface area is 96.5 Å². The minimum absolute atomic E-state index is 0.706. The molecule has 0 aliphatic heterocycles. The fraction of sp³-hybridized carbons (Fsp3) is 0.538. The Morgan fingerprint density at radius 1 is 1.25 bits per heavy atom. The van der Waals surface area contributed by atoms with E-state index in [1.54, 1.807) is 4.63 Å². The molecule has 1 fully saturated rings. The Bertz CT molecular complexity index is 495. The largest absolute Gasteiger partial charge is 0.158 e. The minimum atomic E-state index is 0.706. The van der Waals surface area contributed by atoms with E-state index in [4.69, 9.17) is 0 Å². The molecule has 0 bridgehead atoms. The van der Waals surface area contributed by atoms with Crippen LogP contribution < -0.4 is 0 Å². The summed E-state index contributed by atoms with van der Waals surface area (Å²) in [6.07, 6.45) is 4.45. The van der Waals surface area contributed by atoms with E-state index in [0.29, 0.717) is 5.92 Å². The summed E-state index contributed by atoms with van der Waals surface area (Å²) in [6.45, 7) is 8.22. The fourth-order valence-electron chi connectivity index (χ4n) is 1.91. The molecule has 1 aliphatic carbocycles. The molecule has 0 N–H and O–H groups in total. The molecule has 86 valence electrons. The van der Waals surface area contributed by atoms with Crippen molar-refractivity contribution >= 4 is 5.52 Å². The van der Waals surface area contributed by atoms with Gasteiger partial charge in [-0.25, -0.2) is 0 Å². The second-order valence-corrected chi connectivity index (χ2v) is 4.19. The summed E-state index contributed by atoms with van der Waals surface area (Å²) in [5, 5.41) is 8.80. The highest BCUT2D eigenvalue weighted by Gasteiger charge is 2.28. The maximum atomic E-state index is 4.52. The molecule has 0 amide bonds. The zero-order valence-corrected chi connectivity index (χ0v) is 10.5. The van der Waals surface area contributed by atoms with Gasteiger partial charge >= 0.3 is 0 Å². The smallest absolute Gasteiger partial charge is 0.0907 e. The molecular formula is C13H19N3. The van der Waals surface area contributed by atoms with Gasteiger partial charge in [-0.05, 0) is 38.3 Å². The van der Waals surface area contributed by atoms with Crippen LogP contribution in [0.1, 0.15) is 49.4 Å². The van der Waals surface area contributed by atoms with Crippen LogP contribution in [0.5, 0.6) is 0 Å². The number of hydrogen-bond acceptors (Lipinski definition) is 2. The summed E-state index contributed by atoms with van der Waals surface area (Å²) >= 11 is 0. The van der Waals surface area contributed by atoms with E-state index >= 15 is 0 Å². The second-order valence-electron chi connectivity index (χ2n) is 4.19. The molecule has 3 rings (SSSR count). The maximum Gasteiger partial charge on any atom is 0.0907 e. The number of nitrogens with zero attached hydrogens (tertiary/aromatic N) is 3. The SMILES string of the molecule is CC.Cc1cnn2nc(C3CC3)c(C)c2c1. The van der Waals surface area contributed by atoms with Crippen LogP contribution >= 0.6 is 0 Å². The van der Waals surface area contributed by atoms with E-state index < -0.39 is 0 Å². The predicted octanol–water partition coefficient (Wildman–Crippen LogP) is 3.25. The Morgan fingerprint density at radius 3 is 2.56 bits per heavy atom. The molecule has 0 radical (unpaired) electrons. The van der Waals surface area contributed by atoms with E-state index in [-0.39, 0.29) is 0 Å². The van der Waals surface area contributed by atoms with Crippen molar-refractivity contribution in [3.05, 3.63) is 29.1 Å². The lowest BCUT2D eigenvalue weighted by atomic mass is 10.1. The Kier molecular flexibility index (Phi) is 2.95. The normalized spacial score (nSPS) is 14.8. The molecule has 2 aromatic heterocycles. The van der Waals surface area contributed by atoms with E-state index in [2.05, 4.69) is 30.1 Å². The Morgan fingerprint density at radius 2 is 1.94 bits per heavy atom. The quantitative estimate of drug-likeness (QED) is 0.734. The lowest BCUT2D eigenvalue weighted by Gasteiger charge is -1.93. The molecule has 3 nitrogen and oxygen atoms in total. The van der Waals surface area contributed by atoms with Crippen LogP contribution in [-0.2, 0) is 0 Å². The number of aromatic nitrogens is 3. The van der Waals surface area contributed by atoms with Gasteiger partial charge in [0.2, 0.25) is 0 Å². The fourth-order valence-corrected chi connectivity index (χ4v) is 1.91. The first-order valence-electron chi connectivity index (χ1n) is 6.08. The first kappa shape index (κ1) is 11.1. The molecule has 3 heteroatoms. The van der Waals surface area contributed by atoms with Crippen LogP contribution in [0.3, 0.4) is 0 Å². The molecule has 0 unspecified atom stereocenters. The number of rotatable bonds is 1. The van der Waals surface area contributed by atoms with Crippen molar-refractivity contribution in [1.82, 2.24) is 14.8 Å². The third-order valence-electron chi connectivity index (χ3n) is 2.89. The van der Waals surface area contributed by atoms with Crippen molar-refractivity contribution in [2.45, 2.75) is 46.5 Å². The first-order chi connectivity index (χ1) is 7.75. The topological polar surface area (TPSA) is 30.2 Å². The summed E-state index contributed by atoms with van der Waals surface area (Å²) in [6, 6.07) is 2.15. The molecule has 0 saturated heterocycles. The zero-order chi connectivity index (χ0) is 11.7. The summed E-state index contributed by atoms with van der Waals surface area (Å²) < 4.78 is 1.76. The van der Waals surface area contributed by atoms with Crippen LogP contribution in [0.25, 0.3) is 5.52 Å². The van der Waals surface area contributed by atoms with E-state index in [0.717, 1.165) is 5.52 Å². The summed E-state index contributed by atoms with van der Waals surface area (Å²) in [7, 11) is 0. The molecule has 2 heterocycles. The third-order valence-corrected chi connectivity index (χ3v) is 2.89. The third kappa shape index (κ3) is 1.82. The highest BCUT2D eigenvalue weighted by Crippen LogP contribution is 2.41. The van der Waals surface area contributed by atoms with Gasteiger partial charge in [0.05, 0.1) is 17.4 Å². The lowest BCUT2D eigenvalue weighted by Crippen LogP contribution is -1.93. The van der Waals surface area contributed by atoms with Gasteiger partial charge in [-0.1, -0.05) is 13.8 Å². The van der Waals surface area contributed by atoms with E-state index in [1.807, 2.05) is 20.0 Å². The molecule has 2 aromatic rings. The number of fused-ring (bicyclic) bond motifs is 1. The molecular weight excluding hydrogens is 198 g/mol. The molecule has 0 aromatic carbocycles. The van der Waals surface area contributed by atoms with Crippen LogP contribution in [0, 0.1) is 13.8 Å². The van der Waals surface area contributed by atoms with Crippen molar-refractivity contribution in [2.24, 2.45) is 0 Å². The van der Waals surface area contributed by atoms with Crippen LogP contribution in [0.4, 0.5) is 0 Å². The zero-order valence-electron chi connectivity index (χ0n) is 10.5. The van der Waals surface area contributed by atoms with Gasteiger partial charge in [-0.15, -0.1) is 0 Å². The molecule has 0 atom stereocenters. The second kappa shape index (κ2) is 4.24. The molecule has 0 spiro atoms. The Hall–Kier alpha value is -1.38. The number of aryl methyl sites for hydroxylation is 2. The average molecular weight is 217 g/mol. The van der Waals surface area contributed by atoms with Crippen molar-refractivity contribution < 1.29 is 0 Å². The standard InChI is InChI=1S/C11H13N3.C2H6/c1-7-5-10-8(2)11(9-3-4-9)13-14(10)12-6-7;1-2/h5-6,9H,3-4H2,1-2H3;1-2H3. The van der Waals surface area contributed by atoms with Gasteiger partial charge in [0.25, 0.3) is 0 Å². The van der Waals surface area contributed by atoms with Gasteiger partial charge in [-0.3, -0.25) is 0 Å². The average Bonchev–Trinajstić information content (AvgIpc) is 3.09. The van der Waals surface area contributed by atoms with Crippen LogP contribution in [0.15, 0.2) is 12.3 Å². The van der Waals surface area contributed by atoms with E-state index in [1.165, 1.54) is 29.7 Å². The summed E-state index contributed by atoms with van der Waals surface area (Å²) in [5.41, 5.74) is 4.92. The summed E-state index contributed by atoms with van der Waals surface area (Å²) in [5.74, 6) is 0.706. The van der Waals surface area contributed by atoms with Crippen molar-refractivity contribution in [3.63, 3.8) is 0 Å². The van der Waals surface area contributed by atoms with Gasteiger partial charge in [0.15, 0.2) is 0 Å². The van der Waals surface area contributed by atoms with Crippen molar-refractivity contribution in [3.8, 4) is 0 Å². The van der Waals surface area contributed by atoms with Crippen molar-refractivity contribution in [2.75, 3.05) is 0 Å². The predicted molar refractivity (Wildman–Crippen MR) is 65.8 cm³/mol. The molecule has 16 heavy (non-hydrogen) atoms. The molecule has 1 aliphatic rings. The molecule has 1 saturated carbocycles. The van der Waals surface area contributed by atoms with Gasteiger partial charge in [0, 0.05) is 11.5 Å². The minimum Gasteiger partial charge on any atom is -0.158 e. The first-order valence-corrected chi connectivity index (χ1v) is 6.08. The number of hydrogen-bond donors (Lipinski definition) is 0. The highest BCUT2D eigenvalue weighted by atomic mass is 15.4. The van der Waals surface area contributed by atoms with Gasteiger partial charge in [0.1, 0.15) is 0 Å². The Balaban J connectivity index is 0.000000457. The summed E-state index contributed by atoms with van der Waals surface area (Å²) in [4.78, 5) is 0. The van der Waals surface area contributed by atoms with Crippen LogP contribution in [-0.4, -0.2) is 14.8 Å². The monoisotopic (exact) mass is 217 g/mol.